The molecule has 2 aliphatic heterocycles. The first-order chi connectivity index (χ1) is 10.5. The molecule has 122 valence electrons. The van der Waals surface area contributed by atoms with E-state index in [1.165, 1.54) is 6.42 Å². The molecule has 1 aromatic heterocycles. The summed E-state index contributed by atoms with van der Waals surface area (Å²) >= 11 is 1.71. The Morgan fingerprint density at radius 1 is 1.36 bits per heavy atom. The van der Waals surface area contributed by atoms with Crippen LogP contribution in [0.1, 0.15) is 63.2 Å². The summed E-state index contributed by atoms with van der Waals surface area (Å²) in [5.74, 6) is 0.331. The average molecular weight is 322 g/mol. The average Bonchev–Trinajstić information content (AvgIpc) is 3.17. The second-order valence-electron chi connectivity index (χ2n) is 7.42. The molecule has 0 saturated carbocycles. The number of hydrogen-bond acceptors (Lipinski definition) is 4. The maximum atomic E-state index is 12.8. The van der Waals surface area contributed by atoms with Crippen LogP contribution in [0.5, 0.6) is 0 Å². The molecule has 22 heavy (non-hydrogen) atoms. The van der Waals surface area contributed by atoms with Crippen LogP contribution in [0.2, 0.25) is 0 Å². The van der Waals surface area contributed by atoms with Gasteiger partial charge in [0.2, 0.25) is 5.91 Å². The summed E-state index contributed by atoms with van der Waals surface area (Å²) in [7, 11) is 0. The van der Waals surface area contributed by atoms with E-state index in [0.717, 1.165) is 43.1 Å². The molecule has 5 heteroatoms. The zero-order chi connectivity index (χ0) is 15.7. The van der Waals surface area contributed by atoms with Gasteiger partial charge in [-0.05, 0) is 25.7 Å². The highest BCUT2D eigenvalue weighted by Crippen LogP contribution is 2.36. The predicted octanol–water partition coefficient (Wildman–Crippen LogP) is 3.53. The van der Waals surface area contributed by atoms with Gasteiger partial charge in [0, 0.05) is 23.9 Å². The van der Waals surface area contributed by atoms with Crippen LogP contribution in [0, 0.1) is 5.92 Å². The molecule has 1 aromatic rings. The van der Waals surface area contributed by atoms with Crippen molar-refractivity contribution in [1.82, 2.24) is 9.88 Å². The Bertz CT molecular complexity index is 529. The lowest BCUT2D eigenvalue weighted by Gasteiger charge is -2.36. The highest BCUT2D eigenvalue weighted by atomic mass is 32.1. The van der Waals surface area contributed by atoms with Gasteiger partial charge >= 0.3 is 0 Å². The number of rotatable bonds is 2. The molecule has 0 spiro atoms. The van der Waals surface area contributed by atoms with Crippen molar-refractivity contribution in [3.05, 3.63) is 16.1 Å². The van der Waals surface area contributed by atoms with Crippen LogP contribution in [-0.4, -0.2) is 35.5 Å². The lowest BCUT2D eigenvalue weighted by molar-refractivity contribution is -0.139. The van der Waals surface area contributed by atoms with Gasteiger partial charge in [0.1, 0.15) is 5.01 Å². The lowest BCUT2D eigenvalue weighted by atomic mass is 9.93. The van der Waals surface area contributed by atoms with Gasteiger partial charge in [-0.2, -0.15) is 0 Å². The molecule has 0 aromatic carbocycles. The fourth-order valence-corrected chi connectivity index (χ4v) is 4.39. The van der Waals surface area contributed by atoms with Crippen LogP contribution < -0.4 is 0 Å². The molecule has 0 radical (unpaired) electrons. The van der Waals surface area contributed by atoms with E-state index >= 15 is 0 Å². The van der Waals surface area contributed by atoms with Crippen LogP contribution in [0.4, 0.5) is 0 Å². The third-order valence-corrected chi connectivity index (χ3v) is 5.59. The Kier molecular flexibility index (Phi) is 4.55. The van der Waals surface area contributed by atoms with Crippen LogP contribution in [0.15, 0.2) is 5.38 Å². The van der Waals surface area contributed by atoms with E-state index in [-0.39, 0.29) is 23.3 Å². The molecule has 1 amide bonds. The molecule has 2 saturated heterocycles. The highest BCUT2D eigenvalue weighted by Gasteiger charge is 2.35. The van der Waals surface area contributed by atoms with Gasteiger partial charge in [0.15, 0.2) is 0 Å². The number of amides is 1. The molecule has 0 unspecified atom stereocenters. The second-order valence-corrected chi connectivity index (χ2v) is 8.31. The summed E-state index contributed by atoms with van der Waals surface area (Å²) in [5, 5.41) is 3.27. The van der Waals surface area contributed by atoms with Crippen LogP contribution >= 0.6 is 11.3 Å². The van der Waals surface area contributed by atoms with E-state index < -0.39 is 0 Å². The standard InChI is InChI=1S/C17H26N2O2S/c1-17(2,3)14-11-22-15(18-14)13-6-4-5-8-19(13)16(20)12-7-9-21-10-12/h11-13H,4-10H2,1-3H3/t12-,13-/m0/s1. The fourth-order valence-electron chi connectivity index (χ4n) is 3.20. The zero-order valence-electron chi connectivity index (χ0n) is 13.8. The number of carbonyl (C=O) groups excluding carboxylic acids is 1. The summed E-state index contributed by atoms with van der Waals surface area (Å²) in [6, 6.07) is 0.169. The van der Waals surface area contributed by atoms with Crippen molar-refractivity contribution in [3.8, 4) is 0 Å². The first-order valence-electron chi connectivity index (χ1n) is 8.31. The smallest absolute Gasteiger partial charge is 0.228 e. The summed E-state index contributed by atoms with van der Waals surface area (Å²) in [6.45, 7) is 8.74. The van der Waals surface area contributed by atoms with E-state index in [1.807, 2.05) is 0 Å². The molecule has 0 aliphatic carbocycles. The summed E-state index contributed by atoms with van der Waals surface area (Å²) in [4.78, 5) is 19.7. The van der Waals surface area contributed by atoms with Crippen molar-refractivity contribution in [1.29, 1.82) is 0 Å². The predicted molar refractivity (Wildman–Crippen MR) is 88.0 cm³/mol. The van der Waals surface area contributed by atoms with Gasteiger partial charge in [-0.25, -0.2) is 4.98 Å². The molecular weight excluding hydrogens is 296 g/mol. The monoisotopic (exact) mass is 322 g/mol. The van der Waals surface area contributed by atoms with Gasteiger partial charge in [-0.1, -0.05) is 20.8 Å². The SMILES string of the molecule is CC(C)(C)c1csc([C@@H]2CCCCN2C(=O)[C@H]2CCOC2)n1. The molecule has 4 nitrogen and oxygen atoms in total. The normalized spacial score (nSPS) is 26.4. The largest absolute Gasteiger partial charge is 0.381 e. The van der Waals surface area contributed by atoms with Gasteiger partial charge < -0.3 is 9.64 Å². The molecule has 0 bridgehead atoms. The number of piperidine rings is 1. The quantitative estimate of drug-likeness (QED) is 0.836. The minimum atomic E-state index is 0.0580. The van der Waals surface area contributed by atoms with E-state index in [0.29, 0.717) is 6.61 Å². The molecule has 0 N–H and O–H groups in total. The maximum Gasteiger partial charge on any atom is 0.228 e. The van der Waals surface area contributed by atoms with Crippen LogP contribution in [0.25, 0.3) is 0 Å². The molecule has 2 aliphatic rings. The maximum absolute atomic E-state index is 12.8. The first kappa shape index (κ1) is 15.9. The van der Waals surface area contributed by atoms with Crippen LogP contribution in [0.3, 0.4) is 0 Å². The van der Waals surface area contributed by atoms with Crippen molar-refractivity contribution in [2.45, 2.75) is 57.9 Å². The fraction of sp³-hybridized carbons (Fsp3) is 0.765. The number of nitrogens with zero attached hydrogens (tertiary/aromatic N) is 2. The number of ether oxygens (including phenoxy) is 1. The Hall–Kier alpha value is -0.940. The Morgan fingerprint density at radius 3 is 2.82 bits per heavy atom. The minimum Gasteiger partial charge on any atom is -0.381 e. The molecule has 3 heterocycles. The van der Waals surface area contributed by atoms with E-state index in [4.69, 9.17) is 9.72 Å². The third kappa shape index (κ3) is 3.20. The van der Waals surface area contributed by atoms with E-state index in [9.17, 15) is 4.79 Å². The number of thiazole rings is 1. The van der Waals surface area contributed by atoms with Crippen molar-refractivity contribution >= 4 is 17.2 Å². The first-order valence-corrected chi connectivity index (χ1v) is 9.19. The second kappa shape index (κ2) is 6.28. The van der Waals surface area contributed by atoms with Gasteiger partial charge in [0.05, 0.1) is 24.3 Å². The van der Waals surface area contributed by atoms with Crippen molar-refractivity contribution in [2.24, 2.45) is 5.92 Å². The van der Waals surface area contributed by atoms with Crippen LogP contribution in [-0.2, 0) is 14.9 Å². The topological polar surface area (TPSA) is 42.4 Å². The van der Waals surface area contributed by atoms with E-state index in [1.54, 1.807) is 11.3 Å². The van der Waals surface area contributed by atoms with E-state index in [2.05, 4.69) is 31.1 Å². The summed E-state index contributed by atoms with van der Waals surface area (Å²) in [6.07, 6.45) is 4.19. The van der Waals surface area contributed by atoms with Gasteiger partial charge in [0.25, 0.3) is 0 Å². The number of aromatic nitrogens is 1. The number of hydrogen-bond donors (Lipinski definition) is 0. The third-order valence-electron chi connectivity index (χ3n) is 4.64. The van der Waals surface area contributed by atoms with Gasteiger partial charge in [-0.15, -0.1) is 11.3 Å². The Labute approximate surface area is 136 Å². The van der Waals surface area contributed by atoms with Crippen molar-refractivity contribution in [2.75, 3.05) is 19.8 Å². The Balaban J connectivity index is 1.80. The molecule has 2 atom stereocenters. The number of carbonyl (C=O) groups is 1. The molecule has 2 fully saturated rings. The summed E-state index contributed by atoms with van der Waals surface area (Å²) < 4.78 is 5.40. The molecule has 3 rings (SSSR count). The van der Waals surface area contributed by atoms with Crippen molar-refractivity contribution in [3.63, 3.8) is 0 Å². The lowest BCUT2D eigenvalue weighted by Crippen LogP contribution is -2.42. The zero-order valence-corrected chi connectivity index (χ0v) is 14.6. The number of likely N-dealkylation sites (tertiary alicyclic amines) is 1. The minimum absolute atomic E-state index is 0.0580. The Morgan fingerprint density at radius 2 is 2.18 bits per heavy atom. The molecular formula is C17H26N2O2S. The summed E-state index contributed by atoms with van der Waals surface area (Å²) in [5.41, 5.74) is 1.20. The highest BCUT2D eigenvalue weighted by molar-refractivity contribution is 7.09. The van der Waals surface area contributed by atoms with Gasteiger partial charge in [-0.3, -0.25) is 4.79 Å². The van der Waals surface area contributed by atoms with Crippen molar-refractivity contribution < 1.29 is 9.53 Å².